The van der Waals surface area contributed by atoms with E-state index in [1.54, 1.807) is 0 Å². The van der Waals surface area contributed by atoms with Gasteiger partial charge in [0.05, 0.1) is 5.69 Å². The molecule has 1 heterocycles. The van der Waals surface area contributed by atoms with Crippen molar-refractivity contribution in [2.45, 2.75) is 25.2 Å². The van der Waals surface area contributed by atoms with Crippen LogP contribution in [0.15, 0.2) is 22.7 Å². The molecule has 0 radical (unpaired) electrons. The van der Waals surface area contributed by atoms with Crippen LogP contribution in [-0.2, 0) is 6.42 Å². The maximum absolute atomic E-state index is 6.31. The van der Waals surface area contributed by atoms with Gasteiger partial charge < -0.3 is 9.84 Å². The maximum Gasteiger partial charge on any atom is 0.227 e. The molecule has 0 saturated carbocycles. The molecule has 19 heavy (non-hydrogen) atoms. The zero-order valence-corrected chi connectivity index (χ0v) is 12.1. The molecule has 0 amide bonds. The van der Waals surface area contributed by atoms with E-state index in [0.29, 0.717) is 10.0 Å². The van der Waals surface area contributed by atoms with Gasteiger partial charge in [0.1, 0.15) is 0 Å². The van der Waals surface area contributed by atoms with E-state index >= 15 is 0 Å². The molecule has 3 nitrogen and oxygen atoms in total. The fraction of sp³-hybridized carbons (Fsp3) is 0.357. The van der Waals surface area contributed by atoms with Crippen molar-refractivity contribution < 1.29 is 4.52 Å². The highest BCUT2D eigenvalue weighted by Gasteiger charge is 2.30. The molecule has 1 N–H and O–H groups in total. The second kappa shape index (κ2) is 5.06. The Morgan fingerprint density at radius 3 is 2.74 bits per heavy atom. The summed E-state index contributed by atoms with van der Waals surface area (Å²) in [4.78, 5) is 0. The van der Waals surface area contributed by atoms with Crippen LogP contribution < -0.4 is 5.32 Å². The van der Waals surface area contributed by atoms with Gasteiger partial charge in [-0.1, -0.05) is 34.4 Å². The van der Waals surface area contributed by atoms with Crippen molar-refractivity contribution in [3.63, 3.8) is 0 Å². The molecule has 100 valence electrons. The number of hydrogen-bond acceptors (Lipinski definition) is 3. The molecule has 1 aliphatic carbocycles. The second-order valence-electron chi connectivity index (χ2n) is 4.71. The first kappa shape index (κ1) is 12.8. The number of benzene rings is 1. The third-order valence-corrected chi connectivity index (χ3v) is 4.30. The number of aromatic nitrogens is 1. The number of rotatable bonds is 2. The molecule has 1 atom stereocenters. The predicted molar refractivity (Wildman–Crippen MR) is 77.3 cm³/mol. The van der Waals surface area contributed by atoms with Gasteiger partial charge in [-0.15, -0.1) is 0 Å². The summed E-state index contributed by atoms with van der Waals surface area (Å²) in [6.07, 6.45) is 3.05. The fourth-order valence-electron chi connectivity index (χ4n) is 2.78. The van der Waals surface area contributed by atoms with E-state index < -0.39 is 0 Å². The van der Waals surface area contributed by atoms with Crippen molar-refractivity contribution >= 4 is 29.1 Å². The molecule has 0 bridgehead atoms. The molecule has 1 aromatic carbocycles. The Kier molecular flexibility index (Phi) is 3.42. The molecule has 2 aromatic rings. The average molecular weight is 297 g/mol. The first-order chi connectivity index (χ1) is 9.22. The van der Waals surface area contributed by atoms with Crippen LogP contribution >= 0.6 is 23.2 Å². The van der Waals surface area contributed by atoms with Crippen LogP contribution in [0.1, 0.15) is 35.6 Å². The van der Waals surface area contributed by atoms with Gasteiger partial charge in [0, 0.05) is 28.6 Å². The Labute approximate surface area is 121 Å². The van der Waals surface area contributed by atoms with Gasteiger partial charge in [0.2, 0.25) is 5.88 Å². The molecule has 0 aliphatic heterocycles. The molecule has 1 aromatic heterocycles. The normalized spacial score (nSPS) is 18.2. The third kappa shape index (κ3) is 2.11. The lowest BCUT2D eigenvalue weighted by atomic mass is 9.83. The quantitative estimate of drug-likeness (QED) is 0.887. The molecule has 3 rings (SSSR count). The molecule has 0 saturated heterocycles. The number of halogens is 2. The summed E-state index contributed by atoms with van der Waals surface area (Å²) >= 11 is 12.6. The molecule has 0 fully saturated rings. The summed E-state index contributed by atoms with van der Waals surface area (Å²) in [5.74, 6) is 0.874. The van der Waals surface area contributed by atoms with Crippen molar-refractivity contribution in [1.29, 1.82) is 0 Å². The molecular formula is C14H14Cl2N2O. The Morgan fingerprint density at radius 2 is 2.05 bits per heavy atom. The number of nitrogens with zero attached hydrogens (tertiary/aromatic N) is 1. The topological polar surface area (TPSA) is 38.1 Å². The van der Waals surface area contributed by atoms with Gasteiger partial charge in [0.25, 0.3) is 0 Å². The van der Waals surface area contributed by atoms with E-state index in [2.05, 4.69) is 10.5 Å². The Morgan fingerprint density at radius 1 is 1.32 bits per heavy atom. The van der Waals surface area contributed by atoms with Gasteiger partial charge in [-0.05, 0) is 37.0 Å². The third-order valence-electron chi connectivity index (χ3n) is 3.64. The Hall–Kier alpha value is -1.19. The van der Waals surface area contributed by atoms with Gasteiger partial charge in [-0.25, -0.2) is 0 Å². The second-order valence-corrected chi connectivity index (χ2v) is 5.52. The number of fused-ring (bicyclic) bond motifs is 1. The smallest absolute Gasteiger partial charge is 0.227 e. The van der Waals surface area contributed by atoms with E-state index in [9.17, 15) is 0 Å². The molecule has 5 heteroatoms. The Bertz CT molecular complexity index is 589. The van der Waals surface area contributed by atoms with E-state index in [-0.39, 0.29) is 5.92 Å². The van der Waals surface area contributed by atoms with Crippen molar-refractivity contribution in [1.82, 2.24) is 5.16 Å². The van der Waals surface area contributed by atoms with E-state index in [0.717, 1.165) is 42.0 Å². The lowest BCUT2D eigenvalue weighted by molar-refractivity contribution is 0.420. The van der Waals surface area contributed by atoms with Gasteiger partial charge in [0.15, 0.2) is 0 Å². The minimum absolute atomic E-state index is 0.121. The van der Waals surface area contributed by atoms with Crippen molar-refractivity contribution in [3.8, 4) is 0 Å². The zero-order valence-electron chi connectivity index (χ0n) is 10.5. The van der Waals surface area contributed by atoms with Crippen LogP contribution in [0.25, 0.3) is 0 Å². The molecular weight excluding hydrogens is 283 g/mol. The largest absolute Gasteiger partial charge is 0.357 e. The van der Waals surface area contributed by atoms with Crippen LogP contribution in [0.2, 0.25) is 10.0 Å². The summed E-state index contributed by atoms with van der Waals surface area (Å²) in [5, 5.41) is 8.64. The number of hydrogen-bond donors (Lipinski definition) is 1. The summed E-state index contributed by atoms with van der Waals surface area (Å²) in [6.45, 7) is 0. The van der Waals surface area contributed by atoms with E-state index in [1.807, 2.05) is 25.2 Å². The highest BCUT2D eigenvalue weighted by atomic mass is 35.5. The van der Waals surface area contributed by atoms with Gasteiger partial charge >= 0.3 is 0 Å². The maximum atomic E-state index is 6.31. The Balaban J connectivity index is 2.11. The predicted octanol–water partition coefficient (Wildman–Crippen LogP) is 4.49. The molecule has 1 unspecified atom stereocenters. The zero-order chi connectivity index (χ0) is 13.4. The average Bonchev–Trinajstić information content (AvgIpc) is 2.82. The minimum atomic E-state index is 0.121. The van der Waals surface area contributed by atoms with Gasteiger partial charge in [-0.3, -0.25) is 0 Å². The van der Waals surface area contributed by atoms with E-state index in [1.165, 1.54) is 0 Å². The van der Waals surface area contributed by atoms with Crippen LogP contribution in [0.3, 0.4) is 0 Å². The molecule has 0 spiro atoms. The minimum Gasteiger partial charge on any atom is -0.357 e. The summed E-state index contributed by atoms with van der Waals surface area (Å²) in [6, 6.07) is 5.60. The number of anilines is 1. The van der Waals surface area contributed by atoms with E-state index in [4.69, 9.17) is 27.7 Å². The highest BCUT2D eigenvalue weighted by molar-refractivity contribution is 6.36. The summed E-state index contributed by atoms with van der Waals surface area (Å²) in [5.41, 5.74) is 3.07. The van der Waals surface area contributed by atoms with Gasteiger partial charge in [-0.2, -0.15) is 0 Å². The first-order valence-corrected chi connectivity index (χ1v) is 7.08. The summed E-state index contributed by atoms with van der Waals surface area (Å²) in [7, 11) is 1.84. The fourth-order valence-corrected chi connectivity index (χ4v) is 3.44. The van der Waals surface area contributed by atoms with Crippen LogP contribution in [0.5, 0.6) is 0 Å². The molecule has 1 aliphatic rings. The number of nitrogens with one attached hydrogen (secondary N) is 1. The monoisotopic (exact) mass is 296 g/mol. The SMILES string of the molecule is CNc1onc2c1CCCC2c1c(Cl)cccc1Cl. The first-order valence-electron chi connectivity index (χ1n) is 6.32. The highest BCUT2D eigenvalue weighted by Crippen LogP contribution is 2.43. The lowest BCUT2D eigenvalue weighted by Crippen LogP contribution is -2.12. The van der Waals surface area contributed by atoms with Crippen LogP contribution in [-0.4, -0.2) is 12.2 Å². The van der Waals surface area contributed by atoms with Crippen molar-refractivity contribution in [2.75, 3.05) is 12.4 Å². The van der Waals surface area contributed by atoms with Crippen LogP contribution in [0.4, 0.5) is 5.88 Å². The lowest BCUT2D eigenvalue weighted by Gasteiger charge is -2.22. The van der Waals surface area contributed by atoms with Crippen molar-refractivity contribution in [3.05, 3.63) is 45.1 Å². The van der Waals surface area contributed by atoms with Crippen molar-refractivity contribution in [2.24, 2.45) is 0 Å². The van der Waals surface area contributed by atoms with Crippen LogP contribution in [0, 0.1) is 0 Å². The summed E-state index contributed by atoms with van der Waals surface area (Å²) < 4.78 is 5.35. The standard InChI is InChI=1S/C14H14Cl2N2O/c1-17-14-9-5-2-4-8(13(9)18-19-14)12-10(15)6-3-7-11(12)16/h3,6-8,17H,2,4-5H2,1H3.